The molecule has 2 heteroatoms. The number of aldehydes is 1. The van der Waals surface area contributed by atoms with Crippen molar-refractivity contribution in [1.29, 1.82) is 0 Å². The van der Waals surface area contributed by atoms with Gasteiger partial charge in [-0.15, -0.1) is 0 Å². The Bertz CT molecular complexity index is 589. The number of hydrogen-bond donors (Lipinski definition) is 0. The Morgan fingerprint density at radius 2 is 1.82 bits per heavy atom. The van der Waals surface area contributed by atoms with Crippen molar-refractivity contribution in [1.82, 2.24) is 0 Å². The van der Waals surface area contributed by atoms with Gasteiger partial charge in [0.2, 0.25) is 0 Å². The van der Waals surface area contributed by atoms with Crippen molar-refractivity contribution in [2.24, 2.45) is 0 Å². The maximum absolute atomic E-state index is 10.9. The number of rotatable bonds is 2. The van der Waals surface area contributed by atoms with Gasteiger partial charge in [0.1, 0.15) is 6.29 Å². The molecule has 1 aliphatic rings. The minimum Gasteiger partial charge on any atom is -0.303 e. The minimum atomic E-state index is 0.244. The van der Waals surface area contributed by atoms with E-state index in [-0.39, 0.29) is 5.92 Å². The smallest absolute Gasteiger partial charge is 0.120 e. The Balaban J connectivity index is 2.25. The highest BCUT2D eigenvalue weighted by Gasteiger charge is 2.27. The summed E-state index contributed by atoms with van der Waals surface area (Å²) in [6.45, 7) is 0. The minimum absolute atomic E-state index is 0.244. The molecule has 0 aromatic heterocycles. The number of hydrogen-bond acceptors (Lipinski definition) is 1. The first-order valence-corrected chi connectivity index (χ1v) is 6.71. The Hall–Kier alpha value is -1.16. The molecule has 0 N–H and O–H groups in total. The number of benzene rings is 2. The molecule has 84 valence electrons. The molecule has 1 atom stereocenters. The van der Waals surface area contributed by atoms with Crippen molar-refractivity contribution in [2.75, 3.05) is 0 Å². The van der Waals surface area contributed by atoms with Gasteiger partial charge in [-0.25, -0.2) is 0 Å². The van der Waals surface area contributed by atoms with E-state index in [9.17, 15) is 4.79 Å². The summed E-state index contributed by atoms with van der Waals surface area (Å²) in [6.07, 6.45) is 1.60. The molecule has 1 nitrogen and oxygen atoms in total. The molecule has 0 heterocycles. The summed E-state index contributed by atoms with van der Waals surface area (Å²) < 4.78 is 1.23. The lowest BCUT2D eigenvalue weighted by atomic mass is 9.94. The molecular formula is C15H11IO. The van der Waals surface area contributed by atoms with E-state index in [0.717, 1.165) is 6.29 Å². The fourth-order valence-corrected chi connectivity index (χ4v) is 3.15. The summed E-state index contributed by atoms with van der Waals surface area (Å²) in [6, 6.07) is 14.9. The van der Waals surface area contributed by atoms with Crippen LogP contribution in [0.4, 0.5) is 0 Å². The van der Waals surface area contributed by atoms with Gasteiger partial charge in [0.25, 0.3) is 0 Å². The molecule has 2 aromatic carbocycles. The van der Waals surface area contributed by atoms with Crippen LogP contribution < -0.4 is 0 Å². The molecule has 0 fully saturated rings. The Kier molecular flexibility index (Phi) is 2.74. The molecule has 2 aromatic rings. The third kappa shape index (κ3) is 1.71. The van der Waals surface area contributed by atoms with Gasteiger partial charge >= 0.3 is 0 Å². The number of halogens is 1. The second-order valence-electron chi connectivity index (χ2n) is 4.27. The van der Waals surface area contributed by atoms with Crippen LogP contribution >= 0.6 is 22.6 Å². The molecule has 17 heavy (non-hydrogen) atoms. The quantitative estimate of drug-likeness (QED) is 0.599. The largest absolute Gasteiger partial charge is 0.303 e. The Labute approximate surface area is 114 Å². The predicted molar refractivity (Wildman–Crippen MR) is 77.1 cm³/mol. The highest BCUT2D eigenvalue weighted by atomic mass is 127. The first-order valence-electron chi connectivity index (χ1n) is 5.63. The van der Waals surface area contributed by atoms with Gasteiger partial charge in [-0.3, -0.25) is 0 Å². The van der Waals surface area contributed by atoms with Crippen LogP contribution in [0.5, 0.6) is 0 Å². The van der Waals surface area contributed by atoms with Gasteiger partial charge in [0.05, 0.1) is 0 Å². The highest BCUT2D eigenvalue weighted by Crippen LogP contribution is 2.46. The zero-order valence-corrected chi connectivity index (χ0v) is 11.3. The van der Waals surface area contributed by atoms with Gasteiger partial charge in [0, 0.05) is 15.9 Å². The average Bonchev–Trinajstić information content (AvgIpc) is 2.65. The van der Waals surface area contributed by atoms with Crippen LogP contribution in [0.1, 0.15) is 23.5 Å². The van der Waals surface area contributed by atoms with Gasteiger partial charge < -0.3 is 4.79 Å². The summed E-state index contributed by atoms with van der Waals surface area (Å²) in [4.78, 5) is 10.9. The number of fused-ring (bicyclic) bond motifs is 3. The van der Waals surface area contributed by atoms with Crippen LogP contribution in [0, 0.1) is 3.57 Å². The second kappa shape index (κ2) is 4.26. The van der Waals surface area contributed by atoms with Crippen molar-refractivity contribution in [3.8, 4) is 11.1 Å². The van der Waals surface area contributed by atoms with Crippen LogP contribution in [-0.2, 0) is 4.79 Å². The summed E-state index contributed by atoms with van der Waals surface area (Å²) in [5.74, 6) is 0.244. The zero-order chi connectivity index (χ0) is 11.8. The topological polar surface area (TPSA) is 17.1 Å². The monoisotopic (exact) mass is 334 g/mol. The third-order valence-corrected chi connectivity index (χ3v) is 4.02. The lowest BCUT2D eigenvalue weighted by Gasteiger charge is -2.09. The van der Waals surface area contributed by atoms with E-state index in [1.807, 2.05) is 6.07 Å². The standard InChI is InChI=1S/C15H11IO/c16-10-5-6-13-11-3-1-2-4-12(11)14(7-8-17)15(13)9-10/h1-6,8-9,14H,7H2. The van der Waals surface area contributed by atoms with Crippen LogP contribution in [-0.4, -0.2) is 6.29 Å². The normalized spacial score (nSPS) is 16.4. The van der Waals surface area contributed by atoms with Crippen LogP contribution in [0.15, 0.2) is 42.5 Å². The third-order valence-electron chi connectivity index (χ3n) is 3.35. The molecule has 0 aliphatic heterocycles. The van der Waals surface area contributed by atoms with Crippen LogP contribution in [0.2, 0.25) is 0 Å². The Morgan fingerprint density at radius 3 is 2.65 bits per heavy atom. The van der Waals surface area contributed by atoms with Gasteiger partial charge in [-0.1, -0.05) is 30.3 Å². The summed E-state index contributed by atoms with van der Waals surface area (Å²) in [5, 5.41) is 0. The highest BCUT2D eigenvalue weighted by molar-refractivity contribution is 14.1. The summed E-state index contributed by atoms with van der Waals surface area (Å²) in [7, 11) is 0. The van der Waals surface area contributed by atoms with E-state index in [1.54, 1.807) is 0 Å². The van der Waals surface area contributed by atoms with Crippen molar-refractivity contribution in [3.05, 3.63) is 57.2 Å². The molecule has 0 saturated heterocycles. The number of carbonyl (C=O) groups is 1. The fraction of sp³-hybridized carbons (Fsp3) is 0.133. The van der Waals surface area contributed by atoms with Crippen molar-refractivity contribution < 1.29 is 4.79 Å². The van der Waals surface area contributed by atoms with Gasteiger partial charge in [0.15, 0.2) is 0 Å². The fourth-order valence-electron chi connectivity index (χ4n) is 2.63. The molecule has 3 rings (SSSR count). The second-order valence-corrected chi connectivity index (χ2v) is 5.52. The average molecular weight is 334 g/mol. The van der Waals surface area contributed by atoms with Crippen molar-refractivity contribution in [3.63, 3.8) is 0 Å². The summed E-state index contributed by atoms with van der Waals surface area (Å²) in [5.41, 5.74) is 5.15. The van der Waals surface area contributed by atoms with E-state index < -0.39 is 0 Å². The summed E-state index contributed by atoms with van der Waals surface area (Å²) >= 11 is 2.32. The molecule has 1 unspecified atom stereocenters. The van der Waals surface area contributed by atoms with E-state index in [1.165, 1.54) is 25.8 Å². The molecule has 0 bridgehead atoms. The lowest BCUT2D eigenvalue weighted by molar-refractivity contribution is -0.108. The van der Waals surface area contributed by atoms with Crippen molar-refractivity contribution in [2.45, 2.75) is 12.3 Å². The molecular weight excluding hydrogens is 323 g/mol. The first kappa shape index (κ1) is 11.0. The molecule has 0 amide bonds. The Morgan fingerprint density at radius 1 is 1.06 bits per heavy atom. The molecule has 1 aliphatic carbocycles. The molecule has 0 radical (unpaired) electrons. The predicted octanol–water partition coefficient (Wildman–Crippen LogP) is 3.99. The molecule has 0 spiro atoms. The SMILES string of the molecule is O=CCC1c2ccccc2-c2ccc(I)cc21. The molecule has 0 saturated carbocycles. The van der Waals surface area contributed by atoms with E-state index in [2.05, 4.69) is 59.0 Å². The maximum atomic E-state index is 10.9. The van der Waals surface area contributed by atoms with E-state index in [0.29, 0.717) is 6.42 Å². The lowest BCUT2D eigenvalue weighted by Crippen LogP contribution is -1.97. The van der Waals surface area contributed by atoms with Crippen molar-refractivity contribution >= 4 is 28.9 Å². The zero-order valence-electron chi connectivity index (χ0n) is 9.19. The first-order chi connectivity index (χ1) is 8.31. The van der Waals surface area contributed by atoms with Crippen LogP contribution in [0.25, 0.3) is 11.1 Å². The van der Waals surface area contributed by atoms with Crippen LogP contribution in [0.3, 0.4) is 0 Å². The number of carbonyl (C=O) groups excluding carboxylic acids is 1. The van der Waals surface area contributed by atoms with E-state index in [4.69, 9.17) is 0 Å². The maximum Gasteiger partial charge on any atom is 0.120 e. The van der Waals surface area contributed by atoms with E-state index >= 15 is 0 Å². The van der Waals surface area contributed by atoms with Gasteiger partial charge in [-0.2, -0.15) is 0 Å². The van der Waals surface area contributed by atoms with Gasteiger partial charge in [-0.05, 0) is 57.0 Å².